The van der Waals surface area contributed by atoms with Crippen LogP contribution in [-0.4, -0.2) is 35.4 Å². The highest BCUT2D eigenvalue weighted by Crippen LogP contribution is 2.31. The zero-order valence-electron chi connectivity index (χ0n) is 16.1. The van der Waals surface area contributed by atoms with E-state index >= 15 is 0 Å². The van der Waals surface area contributed by atoms with Gasteiger partial charge in [0.25, 0.3) is 5.91 Å². The van der Waals surface area contributed by atoms with Crippen LogP contribution in [0, 0.1) is 0 Å². The number of nitrogens with zero attached hydrogens (tertiary/aromatic N) is 2. The van der Waals surface area contributed by atoms with Gasteiger partial charge in [-0.05, 0) is 43.2 Å². The minimum absolute atomic E-state index is 0.0132. The molecule has 0 radical (unpaired) electrons. The summed E-state index contributed by atoms with van der Waals surface area (Å²) in [5.41, 5.74) is 1.62. The standard InChI is InChI=1S/C22H24N2O2S2/c1-15(2)27-18-9-5-7-16(13-18)21(25)24(14-17-8-6-12-26-17)22-23-19-10-3-4-11-20(19)28-22/h3-5,7,9-11,13,15,17H,6,8,12,14H2,1-2H3. The third kappa shape index (κ3) is 4.40. The zero-order chi connectivity index (χ0) is 19.5. The molecule has 2 aromatic carbocycles. The molecule has 1 fully saturated rings. The normalized spacial score (nSPS) is 16.8. The first-order valence-corrected chi connectivity index (χ1v) is 11.4. The molecule has 1 amide bonds. The Balaban J connectivity index is 1.67. The number of rotatable bonds is 6. The molecular weight excluding hydrogens is 388 g/mol. The maximum Gasteiger partial charge on any atom is 0.260 e. The van der Waals surface area contributed by atoms with Crippen molar-refractivity contribution in [3.8, 4) is 0 Å². The van der Waals surface area contributed by atoms with Gasteiger partial charge in [0.1, 0.15) is 0 Å². The van der Waals surface area contributed by atoms with E-state index in [-0.39, 0.29) is 12.0 Å². The van der Waals surface area contributed by atoms with Crippen molar-refractivity contribution in [3.05, 3.63) is 54.1 Å². The minimum atomic E-state index is -0.0132. The molecule has 6 heteroatoms. The van der Waals surface area contributed by atoms with E-state index in [4.69, 9.17) is 9.72 Å². The van der Waals surface area contributed by atoms with Gasteiger partial charge < -0.3 is 4.74 Å². The van der Waals surface area contributed by atoms with E-state index in [1.807, 2.05) is 42.5 Å². The molecule has 0 N–H and O–H groups in total. The van der Waals surface area contributed by atoms with Crippen LogP contribution in [0.5, 0.6) is 0 Å². The molecule has 0 bridgehead atoms. The van der Waals surface area contributed by atoms with Gasteiger partial charge in [0, 0.05) is 22.3 Å². The number of aromatic nitrogens is 1. The van der Waals surface area contributed by atoms with E-state index in [2.05, 4.69) is 19.9 Å². The van der Waals surface area contributed by atoms with Crippen molar-refractivity contribution >= 4 is 44.4 Å². The first kappa shape index (κ1) is 19.4. The number of benzene rings is 2. The summed E-state index contributed by atoms with van der Waals surface area (Å²) >= 11 is 3.33. The second-order valence-corrected chi connectivity index (χ2v) is 9.87. The van der Waals surface area contributed by atoms with Crippen molar-refractivity contribution in [2.45, 2.75) is 42.9 Å². The summed E-state index contributed by atoms with van der Waals surface area (Å²) in [6.07, 6.45) is 2.11. The highest BCUT2D eigenvalue weighted by atomic mass is 32.2. The summed E-state index contributed by atoms with van der Waals surface area (Å²) in [6.45, 7) is 5.63. The Labute approximate surface area is 173 Å². The quantitative estimate of drug-likeness (QED) is 0.493. The highest BCUT2D eigenvalue weighted by Gasteiger charge is 2.27. The number of hydrogen-bond donors (Lipinski definition) is 0. The van der Waals surface area contributed by atoms with Crippen LogP contribution in [0.15, 0.2) is 53.4 Å². The lowest BCUT2D eigenvalue weighted by atomic mass is 10.2. The number of para-hydroxylation sites is 1. The Morgan fingerprint density at radius 2 is 2.14 bits per heavy atom. The minimum Gasteiger partial charge on any atom is -0.376 e. The molecule has 1 aromatic heterocycles. The van der Waals surface area contributed by atoms with Gasteiger partial charge in [0.15, 0.2) is 5.13 Å². The number of thiazole rings is 1. The molecule has 0 aliphatic carbocycles. The third-order valence-corrected chi connectivity index (χ3v) is 6.68. The fourth-order valence-corrected chi connectivity index (χ4v) is 5.22. The van der Waals surface area contributed by atoms with Crippen LogP contribution >= 0.6 is 23.1 Å². The van der Waals surface area contributed by atoms with Gasteiger partial charge in [-0.3, -0.25) is 9.69 Å². The third-order valence-electron chi connectivity index (χ3n) is 4.62. The van der Waals surface area contributed by atoms with Crippen LogP contribution in [0.25, 0.3) is 10.2 Å². The summed E-state index contributed by atoms with van der Waals surface area (Å²) in [7, 11) is 0. The molecule has 4 nitrogen and oxygen atoms in total. The van der Waals surface area contributed by atoms with Crippen molar-refractivity contribution in [1.29, 1.82) is 0 Å². The van der Waals surface area contributed by atoms with Crippen molar-refractivity contribution < 1.29 is 9.53 Å². The number of ether oxygens (including phenoxy) is 1. The molecule has 0 spiro atoms. The first-order valence-electron chi connectivity index (χ1n) is 9.66. The Morgan fingerprint density at radius 1 is 1.29 bits per heavy atom. The summed E-state index contributed by atoms with van der Waals surface area (Å²) in [4.78, 5) is 21.1. The van der Waals surface area contributed by atoms with Gasteiger partial charge in [0.05, 0.1) is 22.9 Å². The zero-order valence-corrected chi connectivity index (χ0v) is 17.8. The number of amides is 1. The molecule has 1 unspecified atom stereocenters. The molecule has 146 valence electrons. The lowest BCUT2D eigenvalue weighted by Crippen LogP contribution is -2.37. The Kier molecular flexibility index (Phi) is 5.99. The molecular formula is C22H24N2O2S2. The topological polar surface area (TPSA) is 42.4 Å². The maximum atomic E-state index is 13.5. The number of carbonyl (C=O) groups excluding carboxylic acids is 1. The second kappa shape index (κ2) is 8.64. The van der Waals surface area contributed by atoms with Crippen LogP contribution in [0.4, 0.5) is 5.13 Å². The fourth-order valence-electron chi connectivity index (χ4n) is 3.35. The van der Waals surface area contributed by atoms with E-state index < -0.39 is 0 Å². The van der Waals surface area contributed by atoms with Gasteiger partial charge in [-0.2, -0.15) is 0 Å². The van der Waals surface area contributed by atoms with E-state index in [9.17, 15) is 4.79 Å². The van der Waals surface area contributed by atoms with Crippen LogP contribution in [0.3, 0.4) is 0 Å². The lowest BCUT2D eigenvalue weighted by Gasteiger charge is -2.23. The molecule has 3 aromatic rings. The summed E-state index contributed by atoms with van der Waals surface area (Å²) < 4.78 is 6.91. The molecule has 1 saturated heterocycles. The maximum absolute atomic E-state index is 13.5. The molecule has 1 aliphatic heterocycles. The average molecular weight is 413 g/mol. The Morgan fingerprint density at radius 3 is 2.89 bits per heavy atom. The van der Waals surface area contributed by atoms with Gasteiger partial charge >= 0.3 is 0 Å². The van der Waals surface area contributed by atoms with E-state index in [1.165, 1.54) is 0 Å². The van der Waals surface area contributed by atoms with Crippen molar-refractivity contribution in [1.82, 2.24) is 4.98 Å². The van der Waals surface area contributed by atoms with E-state index in [1.54, 1.807) is 28.0 Å². The van der Waals surface area contributed by atoms with Crippen molar-refractivity contribution in [2.75, 3.05) is 18.1 Å². The largest absolute Gasteiger partial charge is 0.376 e. The predicted molar refractivity (Wildman–Crippen MR) is 118 cm³/mol. The van der Waals surface area contributed by atoms with Crippen molar-refractivity contribution in [2.24, 2.45) is 0 Å². The number of thioether (sulfide) groups is 1. The van der Waals surface area contributed by atoms with Crippen LogP contribution in [0.2, 0.25) is 0 Å². The molecule has 0 saturated carbocycles. The first-order chi connectivity index (χ1) is 13.6. The highest BCUT2D eigenvalue weighted by molar-refractivity contribution is 7.99. The van der Waals surface area contributed by atoms with Gasteiger partial charge in [-0.1, -0.05) is 43.4 Å². The number of anilines is 1. The Hall–Kier alpha value is -1.89. The monoisotopic (exact) mass is 412 g/mol. The van der Waals surface area contributed by atoms with Crippen LogP contribution in [0.1, 0.15) is 37.0 Å². The van der Waals surface area contributed by atoms with Gasteiger partial charge in [-0.15, -0.1) is 11.8 Å². The van der Waals surface area contributed by atoms with Crippen LogP contribution < -0.4 is 4.90 Å². The van der Waals surface area contributed by atoms with Crippen LogP contribution in [-0.2, 0) is 4.74 Å². The smallest absolute Gasteiger partial charge is 0.260 e. The number of fused-ring (bicyclic) bond motifs is 1. The SMILES string of the molecule is CC(C)Sc1cccc(C(=O)N(CC2CCCO2)c2nc3ccccc3s2)c1. The summed E-state index contributed by atoms with van der Waals surface area (Å²) in [5.74, 6) is -0.0132. The van der Waals surface area contributed by atoms with Crippen molar-refractivity contribution in [3.63, 3.8) is 0 Å². The van der Waals surface area contributed by atoms with E-state index in [0.29, 0.717) is 17.4 Å². The molecule has 2 heterocycles. The molecule has 4 rings (SSSR count). The summed E-state index contributed by atoms with van der Waals surface area (Å²) in [5, 5.41) is 1.21. The summed E-state index contributed by atoms with van der Waals surface area (Å²) in [6, 6.07) is 15.9. The molecule has 1 atom stereocenters. The van der Waals surface area contributed by atoms with E-state index in [0.717, 1.165) is 39.7 Å². The average Bonchev–Trinajstić information content (AvgIpc) is 3.34. The number of carbonyl (C=O) groups is 1. The number of hydrogen-bond acceptors (Lipinski definition) is 5. The molecule has 1 aliphatic rings. The predicted octanol–water partition coefficient (Wildman–Crippen LogP) is 5.62. The van der Waals surface area contributed by atoms with Gasteiger partial charge in [0.2, 0.25) is 0 Å². The van der Waals surface area contributed by atoms with Gasteiger partial charge in [-0.25, -0.2) is 4.98 Å². The molecule has 28 heavy (non-hydrogen) atoms. The second-order valence-electron chi connectivity index (χ2n) is 7.21. The fraction of sp³-hybridized carbons (Fsp3) is 0.364. The lowest BCUT2D eigenvalue weighted by molar-refractivity contribution is 0.0917. The Bertz CT molecular complexity index is 931.